The molecule has 136 valence electrons. The average molecular weight is 340 g/mol. The first-order valence-electron chi connectivity index (χ1n) is 8.73. The molecule has 0 amide bonds. The lowest BCUT2D eigenvalue weighted by Gasteiger charge is -2.65. The molecular weight excluding hydrogens is 312 g/mol. The van der Waals surface area contributed by atoms with Crippen LogP contribution in [-0.4, -0.2) is 44.6 Å². The van der Waals surface area contributed by atoms with E-state index in [9.17, 15) is 19.8 Å². The molecule has 0 aromatic carbocycles. The molecule has 2 atom stereocenters. The van der Waals surface area contributed by atoms with E-state index in [-0.39, 0.29) is 25.2 Å². The Morgan fingerprint density at radius 2 is 1.38 bits per heavy atom. The minimum atomic E-state index is -1.17. The van der Waals surface area contributed by atoms with Crippen molar-refractivity contribution in [2.75, 3.05) is 0 Å². The van der Waals surface area contributed by atoms with Crippen LogP contribution in [0.1, 0.15) is 72.6 Å². The molecule has 4 bridgehead atoms. The number of carbonyl (C=O) groups excluding carboxylic acids is 2. The molecule has 4 rings (SSSR count). The zero-order valence-electron chi connectivity index (χ0n) is 15.0. The van der Waals surface area contributed by atoms with E-state index < -0.39 is 33.8 Å². The number of ether oxygens (including phenoxy) is 2. The van der Waals surface area contributed by atoms with Crippen LogP contribution in [-0.2, 0) is 19.1 Å². The van der Waals surface area contributed by atoms with Crippen molar-refractivity contribution in [3.63, 3.8) is 0 Å². The Balaban J connectivity index is 1.94. The van der Waals surface area contributed by atoms with Crippen molar-refractivity contribution in [3.8, 4) is 0 Å². The van der Waals surface area contributed by atoms with Gasteiger partial charge in [-0.1, -0.05) is 6.92 Å². The highest BCUT2D eigenvalue weighted by atomic mass is 16.6. The van der Waals surface area contributed by atoms with Crippen LogP contribution < -0.4 is 0 Å². The maximum absolute atomic E-state index is 12.6. The summed E-state index contributed by atoms with van der Waals surface area (Å²) in [4.78, 5) is 24.2. The standard InChI is InChI=1S/C18H28O6/c1-5-14(3,4)13(20)24-18-9-15(21)6-16(22,10-18)8-17(7-15,11-18)23-12(2)19/h21-22H,5-11H2,1-4H3. The first-order valence-corrected chi connectivity index (χ1v) is 8.73. The summed E-state index contributed by atoms with van der Waals surface area (Å²) in [6.07, 6.45) is 2.37. The molecule has 2 unspecified atom stereocenters. The molecule has 24 heavy (non-hydrogen) atoms. The highest BCUT2D eigenvalue weighted by Crippen LogP contribution is 2.63. The largest absolute Gasteiger partial charge is 0.459 e. The lowest BCUT2D eigenvalue weighted by molar-refractivity contribution is -0.305. The van der Waals surface area contributed by atoms with Gasteiger partial charge in [0.25, 0.3) is 0 Å². The number of hydrogen-bond acceptors (Lipinski definition) is 6. The molecular formula is C18H28O6. The van der Waals surface area contributed by atoms with E-state index in [0.717, 1.165) is 0 Å². The Morgan fingerprint density at radius 1 is 0.917 bits per heavy atom. The third kappa shape index (κ3) is 2.84. The maximum Gasteiger partial charge on any atom is 0.312 e. The minimum absolute atomic E-state index is 0.236. The molecule has 4 aliphatic rings. The summed E-state index contributed by atoms with van der Waals surface area (Å²) in [5.74, 6) is -0.781. The molecule has 0 aromatic heterocycles. The first kappa shape index (κ1) is 17.7. The highest BCUT2D eigenvalue weighted by Gasteiger charge is 2.71. The van der Waals surface area contributed by atoms with Crippen molar-refractivity contribution < 1.29 is 29.3 Å². The molecule has 0 aliphatic heterocycles. The second-order valence-corrected chi connectivity index (χ2v) is 9.10. The topological polar surface area (TPSA) is 93.1 Å². The van der Waals surface area contributed by atoms with Crippen molar-refractivity contribution in [1.29, 1.82) is 0 Å². The molecule has 0 radical (unpaired) electrons. The Hall–Kier alpha value is -1.14. The van der Waals surface area contributed by atoms with Crippen LogP contribution in [0, 0.1) is 5.41 Å². The number of carbonyl (C=O) groups is 2. The van der Waals surface area contributed by atoms with Crippen molar-refractivity contribution in [2.24, 2.45) is 5.41 Å². The van der Waals surface area contributed by atoms with E-state index in [0.29, 0.717) is 25.7 Å². The maximum atomic E-state index is 12.6. The Kier molecular flexibility index (Phi) is 3.64. The van der Waals surface area contributed by atoms with Crippen LogP contribution >= 0.6 is 0 Å². The molecule has 0 heterocycles. The monoisotopic (exact) mass is 340 g/mol. The lowest BCUT2D eigenvalue weighted by Crippen LogP contribution is -2.73. The molecule has 0 spiro atoms. The summed E-state index contributed by atoms with van der Waals surface area (Å²) in [6, 6.07) is 0. The Bertz CT molecular complexity index is 562. The Labute approximate surface area is 142 Å². The quantitative estimate of drug-likeness (QED) is 0.759. The highest BCUT2D eigenvalue weighted by molar-refractivity contribution is 5.76. The summed E-state index contributed by atoms with van der Waals surface area (Å²) < 4.78 is 11.4. The van der Waals surface area contributed by atoms with Gasteiger partial charge in [-0.05, 0) is 20.3 Å². The molecule has 4 aliphatic carbocycles. The van der Waals surface area contributed by atoms with Gasteiger partial charge in [-0.25, -0.2) is 0 Å². The van der Waals surface area contributed by atoms with Crippen LogP contribution in [0.25, 0.3) is 0 Å². The molecule has 6 nitrogen and oxygen atoms in total. The number of aliphatic hydroxyl groups is 2. The van der Waals surface area contributed by atoms with Gasteiger partial charge in [0.1, 0.15) is 11.2 Å². The fraction of sp³-hybridized carbons (Fsp3) is 0.889. The minimum Gasteiger partial charge on any atom is -0.459 e. The van der Waals surface area contributed by atoms with E-state index in [2.05, 4.69) is 0 Å². The van der Waals surface area contributed by atoms with Gasteiger partial charge in [0.05, 0.1) is 16.6 Å². The van der Waals surface area contributed by atoms with Crippen molar-refractivity contribution in [1.82, 2.24) is 0 Å². The average Bonchev–Trinajstić information content (AvgIpc) is 2.31. The van der Waals surface area contributed by atoms with Gasteiger partial charge in [-0.3, -0.25) is 9.59 Å². The van der Waals surface area contributed by atoms with Crippen molar-refractivity contribution in [3.05, 3.63) is 0 Å². The van der Waals surface area contributed by atoms with Crippen LogP contribution in [0.3, 0.4) is 0 Å². The summed E-state index contributed by atoms with van der Waals surface area (Å²) in [6.45, 7) is 6.89. The van der Waals surface area contributed by atoms with Gasteiger partial charge in [-0.15, -0.1) is 0 Å². The Morgan fingerprint density at radius 3 is 1.79 bits per heavy atom. The molecule has 4 fully saturated rings. The van der Waals surface area contributed by atoms with Gasteiger partial charge in [-0.2, -0.15) is 0 Å². The normalized spacial score (nSPS) is 43.6. The SMILES string of the molecule is CCC(C)(C)C(=O)OC12CC3(O)CC(O)(CC(OC(C)=O)(C3)C1)C2. The van der Waals surface area contributed by atoms with Crippen LogP contribution in [0.15, 0.2) is 0 Å². The van der Waals surface area contributed by atoms with Gasteiger partial charge in [0.2, 0.25) is 0 Å². The summed E-state index contributed by atoms with van der Waals surface area (Å²) in [7, 11) is 0. The number of hydrogen-bond donors (Lipinski definition) is 2. The van der Waals surface area contributed by atoms with Gasteiger partial charge >= 0.3 is 11.9 Å². The zero-order chi connectivity index (χ0) is 18.0. The second kappa shape index (κ2) is 4.94. The molecule has 0 aromatic rings. The smallest absolute Gasteiger partial charge is 0.312 e. The molecule has 2 N–H and O–H groups in total. The van der Waals surface area contributed by atoms with E-state index in [1.54, 1.807) is 0 Å². The van der Waals surface area contributed by atoms with E-state index in [1.807, 2.05) is 20.8 Å². The third-order valence-electron chi connectivity index (χ3n) is 6.01. The van der Waals surface area contributed by atoms with Gasteiger partial charge in [0.15, 0.2) is 0 Å². The molecule has 4 saturated carbocycles. The van der Waals surface area contributed by atoms with E-state index in [1.165, 1.54) is 6.92 Å². The predicted octanol–water partition coefficient (Wildman–Crippen LogP) is 1.85. The van der Waals surface area contributed by atoms with E-state index >= 15 is 0 Å². The first-order chi connectivity index (χ1) is 10.8. The second-order valence-electron chi connectivity index (χ2n) is 9.10. The van der Waals surface area contributed by atoms with Crippen LogP contribution in [0.4, 0.5) is 0 Å². The summed E-state index contributed by atoms with van der Waals surface area (Å²) in [5, 5.41) is 21.9. The molecule has 0 saturated heterocycles. The van der Waals surface area contributed by atoms with Crippen LogP contribution in [0.5, 0.6) is 0 Å². The van der Waals surface area contributed by atoms with E-state index in [4.69, 9.17) is 9.47 Å². The number of rotatable bonds is 4. The molecule has 6 heteroatoms. The summed E-state index contributed by atoms with van der Waals surface area (Å²) in [5.41, 5.74) is -4.91. The predicted molar refractivity (Wildman–Crippen MR) is 85.0 cm³/mol. The zero-order valence-corrected chi connectivity index (χ0v) is 15.0. The van der Waals surface area contributed by atoms with Gasteiger partial charge < -0.3 is 19.7 Å². The van der Waals surface area contributed by atoms with Gasteiger partial charge in [0, 0.05) is 45.4 Å². The fourth-order valence-corrected chi connectivity index (χ4v) is 5.35. The van der Waals surface area contributed by atoms with Crippen LogP contribution in [0.2, 0.25) is 0 Å². The fourth-order valence-electron chi connectivity index (χ4n) is 5.35. The number of esters is 2. The van der Waals surface area contributed by atoms with Crippen molar-refractivity contribution >= 4 is 11.9 Å². The van der Waals surface area contributed by atoms with Crippen molar-refractivity contribution in [2.45, 2.75) is 95.0 Å². The summed E-state index contributed by atoms with van der Waals surface area (Å²) >= 11 is 0. The third-order valence-corrected chi connectivity index (χ3v) is 6.01. The lowest BCUT2D eigenvalue weighted by atomic mass is 9.48.